The van der Waals surface area contributed by atoms with E-state index < -0.39 is 10.2 Å². The highest BCUT2D eigenvalue weighted by molar-refractivity contribution is 7.86. The number of hydrogen-bond acceptors (Lipinski definition) is 4. The minimum Gasteiger partial charge on any atom is -0.497 e. The molecular formula is C20H33N3O4S. The monoisotopic (exact) mass is 411 g/mol. The number of ether oxygens (including phenoxy) is 1. The Hall–Kier alpha value is -1.64. The lowest BCUT2D eigenvalue weighted by atomic mass is 9.93. The third kappa shape index (κ3) is 5.68. The van der Waals surface area contributed by atoms with Gasteiger partial charge >= 0.3 is 0 Å². The first-order valence-corrected chi connectivity index (χ1v) is 11.2. The van der Waals surface area contributed by atoms with Crippen LogP contribution in [0.1, 0.15) is 44.7 Å². The maximum absolute atomic E-state index is 12.9. The van der Waals surface area contributed by atoms with Crippen LogP contribution in [-0.2, 0) is 15.0 Å². The fraction of sp³-hybridized carbons (Fsp3) is 0.650. The number of piperidine rings is 1. The van der Waals surface area contributed by atoms with Gasteiger partial charge in [-0.2, -0.15) is 17.0 Å². The molecule has 8 heteroatoms. The first-order chi connectivity index (χ1) is 13.1. The SMILES string of the molecule is COc1ccc([C@H](CC(C)C)NC(=O)C2CCN(S(=O)(=O)N(C)C)CC2)cc1. The zero-order chi connectivity index (χ0) is 20.9. The van der Waals surface area contributed by atoms with Crippen LogP contribution >= 0.6 is 0 Å². The molecule has 1 aliphatic rings. The van der Waals surface area contributed by atoms with Gasteiger partial charge in [-0.3, -0.25) is 4.79 Å². The Morgan fingerprint density at radius 2 is 1.79 bits per heavy atom. The van der Waals surface area contributed by atoms with E-state index in [0.29, 0.717) is 31.8 Å². The first-order valence-electron chi connectivity index (χ1n) is 9.77. The molecule has 1 aromatic carbocycles. The number of hydrogen-bond donors (Lipinski definition) is 1. The maximum atomic E-state index is 12.9. The van der Waals surface area contributed by atoms with Gasteiger partial charge in [-0.1, -0.05) is 26.0 Å². The molecule has 1 fully saturated rings. The summed E-state index contributed by atoms with van der Waals surface area (Å²) >= 11 is 0. The van der Waals surface area contributed by atoms with Crippen molar-refractivity contribution in [3.8, 4) is 5.75 Å². The summed E-state index contributed by atoms with van der Waals surface area (Å²) in [7, 11) is 1.27. The fourth-order valence-corrected chi connectivity index (χ4v) is 4.59. The molecule has 1 aliphatic heterocycles. The van der Waals surface area contributed by atoms with Gasteiger partial charge in [0.1, 0.15) is 5.75 Å². The smallest absolute Gasteiger partial charge is 0.281 e. The van der Waals surface area contributed by atoms with Gasteiger partial charge in [0, 0.05) is 33.1 Å². The third-order valence-electron chi connectivity index (χ3n) is 5.15. The number of nitrogens with one attached hydrogen (secondary N) is 1. The second-order valence-electron chi connectivity index (χ2n) is 7.93. The molecule has 0 bridgehead atoms. The van der Waals surface area contributed by atoms with E-state index in [1.54, 1.807) is 7.11 Å². The Morgan fingerprint density at radius 3 is 2.25 bits per heavy atom. The zero-order valence-electron chi connectivity index (χ0n) is 17.5. The van der Waals surface area contributed by atoms with Crippen molar-refractivity contribution in [1.29, 1.82) is 0 Å². The molecule has 1 atom stereocenters. The summed E-state index contributed by atoms with van der Waals surface area (Å²) in [5.74, 6) is 1.05. The van der Waals surface area contributed by atoms with Crippen molar-refractivity contribution < 1.29 is 17.9 Å². The predicted molar refractivity (Wildman–Crippen MR) is 110 cm³/mol. The van der Waals surface area contributed by atoms with Gasteiger partial charge in [0.05, 0.1) is 13.2 Å². The molecule has 0 aliphatic carbocycles. The van der Waals surface area contributed by atoms with Crippen LogP contribution in [0.25, 0.3) is 0 Å². The third-order valence-corrected chi connectivity index (χ3v) is 7.09. The molecule has 1 heterocycles. The molecule has 0 unspecified atom stereocenters. The first kappa shape index (κ1) is 22.6. The van der Waals surface area contributed by atoms with Crippen LogP contribution in [0, 0.1) is 11.8 Å². The number of benzene rings is 1. The standard InChI is InChI=1S/C20H33N3O4S/c1-15(2)14-19(16-6-8-18(27-5)9-7-16)21-20(24)17-10-12-23(13-11-17)28(25,26)22(3)4/h6-9,15,17,19H,10-14H2,1-5H3,(H,21,24)/t19-/m0/s1. The Balaban J connectivity index is 2.02. The maximum Gasteiger partial charge on any atom is 0.281 e. The van der Waals surface area contributed by atoms with Crippen molar-refractivity contribution in [3.63, 3.8) is 0 Å². The summed E-state index contributed by atoms with van der Waals surface area (Å²) in [5, 5.41) is 3.19. The van der Waals surface area contributed by atoms with Gasteiger partial charge in [0.2, 0.25) is 5.91 Å². The fourth-order valence-electron chi connectivity index (χ4n) is 3.46. The van der Waals surface area contributed by atoms with Gasteiger partial charge < -0.3 is 10.1 Å². The van der Waals surface area contributed by atoms with Crippen molar-refractivity contribution in [3.05, 3.63) is 29.8 Å². The second kappa shape index (κ2) is 9.71. The number of carbonyl (C=O) groups is 1. The number of nitrogens with zero attached hydrogens (tertiary/aromatic N) is 2. The molecule has 158 valence electrons. The van der Waals surface area contributed by atoms with Crippen molar-refractivity contribution in [1.82, 2.24) is 13.9 Å². The van der Waals surface area contributed by atoms with E-state index in [0.717, 1.165) is 17.7 Å². The molecule has 0 saturated carbocycles. The Labute approximate surface area is 169 Å². The van der Waals surface area contributed by atoms with Gasteiger partial charge in [0.15, 0.2) is 0 Å². The average molecular weight is 412 g/mol. The summed E-state index contributed by atoms with van der Waals surface area (Å²) in [6, 6.07) is 7.71. The molecular weight excluding hydrogens is 378 g/mol. The lowest BCUT2D eigenvalue weighted by molar-refractivity contribution is -0.127. The summed E-state index contributed by atoms with van der Waals surface area (Å²) in [6.07, 6.45) is 1.91. The largest absolute Gasteiger partial charge is 0.497 e. The van der Waals surface area contributed by atoms with E-state index in [1.165, 1.54) is 22.7 Å². The van der Waals surface area contributed by atoms with Crippen LogP contribution in [0.15, 0.2) is 24.3 Å². The molecule has 0 aromatic heterocycles. The lowest BCUT2D eigenvalue weighted by Crippen LogP contribution is -2.47. The van der Waals surface area contributed by atoms with E-state index in [9.17, 15) is 13.2 Å². The van der Waals surface area contributed by atoms with E-state index in [4.69, 9.17) is 4.74 Å². The minimum atomic E-state index is -3.41. The lowest BCUT2D eigenvalue weighted by Gasteiger charge is -2.33. The van der Waals surface area contributed by atoms with Gasteiger partial charge in [-0.15, -0.1) is 0 Å². The molecule has 1 saturated heterocycles. The number of amides is 1. The van der Waals surface area contributed by atoms with E-state index in [1.807, 2.05) is 24.3 Å². The van der Waals surface area contributed by atoms with Crippen molar-refractivity contribution in [2.24, 2.45) is 11.8 Å². The van der Waals surface area contributed by atoms with Crippen LogP contribution in [0.3, 0.4) is 0 Å². The second-order valence-corrected chi connectivity index (χ2v) is 10.1. The molecule has 7 nitrogen and oxygen atoms in total. The van der Waals surface area contributed by atoms with Gasteiger partial charge in [0.25, 0.3) is 10.2 Å². The number of methoxy groups -OCH3 is 1. The van der Waals surface area contributed by atoms with E-state index in [2.05, 4.69) is 19.2 Å². The van der Waals surface area contributed by atoms with Crippen molar-refractivity contribution >= 4 is 16.1 Å². The molecule has 2 rings (SSSR count). The topological polar surface area (TPSA) is 79.0 Å². The highest BCUT2D eigenvalue weighted by atomic mass is 32.2. The molecule has 28 heavy (non-hydrogen) atoms. The predicted octanol–water partition coefficient (Wildman–Crippen LogP) is 2.42. The van der Waals surface area contributed by atoms with E-state index >= 15 is 0 Å². The summed E-state index contributed by atoms with van der Waals surface area (Å²) in [4.78, 5) is 12.9. The Morgan fingerprint density at radius 1 is 1.21 bits per heavy atom. The highest BCUT2D eigenvalue weighted by Gasteiger charge is 2.33. The number of rotatable bonds is 8. The van der Waals surface area contributed by atoms with Crippen LogP contribution in [0.2, 0.25) is 0 Å². The molecule has 1 N–H and O–H groups in total. The molecule has 1 amide bonds. The quantitative estimate of drug-likeness (QED) is 0.713. The zero-order valence-corrected chi connectivity index (χ0v) is 18.3. The van der Waals surface area contributed by atoms with Gasteiger partial charge in [-0.25, -0.2) is 0 Å². The van der Waals surface area contributed by atoms with Crippen molar-refractivity contribution in [2.75, 3.05) is 34.3 Å². The van der Waals surface area contributed by atoms with Crippen LogP contribution in [0.5, 0.6) is 5.75 Å². The molecule has 0 spiro atoms. The Kier molecular flexibility index (Phi) is 7.86. The van der Waals surface area contributed by atoms with Crippen LogP contribution in [-0.4, -0.2) is 57.2 Å². The van der Waals surface area contributed by atoms with E-state index in [-0.39, 0.29) is 17.9 Å². The summed E-state index contributed by atoms with van der Waals surface area (Å²) in [5.41, 5.74) is 1.05. The summed E-state index contributed by atoms with van der Waals surface area (Å²) in [6.45, 7) is 5.01. The normalized spacial score (nSPS) is 17.7. The summed E-state index contributed by atoms with van der Waals surface area (Å²) < 4.78 is 32.4. The minimum absolute atomic E-state index is 0.00312. The van der Waals surface area contributed by atoms with Crippen LogP contribution in [0.4, 0.5) is 0 Å². The highest BCUT2D eigenvalue weighted by Crippen LogP contribution is 2.26. The van der Waals surface area contributed by atoms with Crippen LogP contribution < -0.4 is 10.1 Å². The average Bonchev–Trinajstić information content (AvgIpc) is 2.67. The molecule has 0 radical (unpaired) electrons. The number of carbonyl (C=O) groups excluding carboxylic acids is 1. The molecule has 1 aromatic rings. The van der Waals surface area contributed by atoms with Crippen molar-refractivity contribution in [2.45, 2.75) is 39.2 Å². The Bertz CT molecular complexity index is 739. The van der Waals surface area contributed by atoms with Gasteiger partial charge in [-0.05, 0) is 42.9 Å².